The molecule has 1 N–H and O–H groups in total. The van der Waals surface area contributed by atoms with E-state index in [4.69, 9.17) is 14.2 Å². The molecule has 0 saturated heterocycles. The topological polar surface area (TPSA) is 99.9 Å². The fourth-order valence-corrected chi connectivity index (χ4v) is 2.26. The molecule has 0 fully saturated rings. The van der Waals surface area contributed by atoms with Crippen LogP contribution in [0.25, 0.3) is 0 Å². The Morgan fingerprint density at radius 2 is 2.04 bits per heavy atom. The van der Waals surface area contributed by atoms with E-state index in [-0.39, 0.29) is 18.0 Å². The quantitative estimate of drug-likeness (QED) is 0.682. The standard InChI is InChI=1S/C16H14N2O6/c1-22-10-6-7-11(12(8-10)18(20)21)17-16(19)15-9-23-13-4-2-3-5-14(13)24-15/h2-8,15H,9H2,1H3,(H,17,19). The van der Waals surface area contributed by atoms with Gasteiger partial charge >= 0.3 is 0 Å². The zero-order valence-electron chi connectivity index (χ0n) is 12.7. The fourth-order valence-electron chi connectivity index (χ4n) is 2.26. The van der Waals surface area contributed by atoms with Crippen molar-refractivity contribution < 1.29 is 23.9 Å². The molecule has 1 atom stereocenters. The van der Waals surface area contributed by atoms with Crippen molar-refractivity contribution in [2.45, 2.75) is 6.10 Å². The number of carbonyl (C=O) groups excluding carboxylic acids is 1. The number of para-hydroxylation sites is 2. The van der Waals surface area contributed by atoms with Crippen molar-refractivity contribution in [1.29, 1.82) is 0 Å². The lowest BCUT2D eigenvalue weighted by molar-refractivity contribution is -0.384. The summed E-state index contributed by atoms with van der Waals surface area (Å²) in [6.45, 7) is 0.0206. The van der Waals surface area contributed by atoms with Gasteiger partial charge in [0.25, 0.3) is 11.6 Å². The minimum atomic E-state index is -0.901. The van der Waals surface area contributed by atoms with Gasteiger partial charge in [-0.05, 0) is 24.3 Å². The average molecular weight is 330 g/mol. The Labute approximate surface area is 137 Å². The highest BCUT2D eigenvalue weighted by molar-refractivity contribution is 5.96. The van der Waals surface area contributed by atoms with Crippen LogP contribution in [0.5, 0.6) is 17.2 Å². The monoisotopic (exact) mass is 330 g/mol. The first-order valence-corrected chi connectivity index (χ1v) is 7.10. The number of nitrogens with one attached hydrogen (secondary N) is 1. The maximum Gasteiger partial charge on any atom is 0.296 e. The highest BCUT2D eigenvalue weighted by atomic mass is 16.6. The smallest absolute Gasteiger partial charge is 0.296 e. The van der Waals surface area contributed by atoms with Crippen LogP contribution in [0.15, 0.2) is 42.5 Å². The molecule has 1 aliphatic heterocycles. The van der Waals surface area contributed by atoms with Gasteiger partial charge in [0, 0.05) is 0 Å². The number of fused-ring (bicyclic) bond motifs is 1. The molecule has 0 aliphatic carbocycles. The zero-order valence-corrected chi connectivity index (χ0v) is 12.7. The van der Waals surface area contributed by atoms with Crippen LogP contribution in [0.1, 0.15) is 0 Å². The number of benzene rings is 2. The lowest BCUT2D eigenvalue weighted by atomic mass is 10.2. The van der Waals surface area contributed by atoms with Crippen molar-refractivity contribution in [3.05, 3.63) is 52.6 Å². The first-order valence-electron chi connectivity index (χ1n) is 7.10. The van der Waals surface area contributed by atoms with Gasteiger partial charge in [0.05, 0.1) is 18.1 Å². The van der Waals surface area contributed by atoms with E-state index in [9.17, 15) is 14.9 Å². The van der Waals surface area contributed by atoms with Crippen LogP contribution in [0.3, 0.4) is 0 Å². The van der Waals surface area contributed by atoms with E-state index in [1.165, 1.54) is 25.3 Å². The second-order valence-electron chi connectivity index (χ2n) is 4.99. The highest BCUT2D eigenvalue weighted by Crippen LogP contribution is 2.32. The molecular weight excluding hydrogens is 316 g/mol. The molecule has 2 aromatic carbocycles. The Hall–Kier alpha value is -3.29. The van der Waals surface area contributed by atoms with Crippen LogP contribution >= 0.6 is 0 Å². The molecule has 0 saturated carbocycles. The van der Waals surface area contributed by atoms with Gasteiger partial charge in [0.1, 0.15) is 18.0 Å². The number of carbonyl (C=O) groups is 1. The second-order valence-corrected chi connectivity index (χ2v) is 4.99. The van der Waals surface area contributed by atoms with Gasteiger partial charge in [-0.1, -0.05) is 12.1 Å². The predicted molar refractivity (Wildman–Crippen MR) is 84.6 cm³/mol. The molecule has 1 aliphatic rings. The van der Waals surface area contributed by atoms with Crippen molar-refractivity contribution in [3.8, 4) is 17.2 Å². The summed E-state index contributed by atoms with van der Waals surface area (Å²) < 4.78 is 16.0. The molecule has 0 bridgehead atoms. The van der Waals surface area contributed by atoms with Crippen molar-refractivity contribution >= 4 is 17.3 Å². The van der Waals surface area contributed by atoms with Crippen LogP contribution in [-0.4, -0.2) is 30.7 Å². The minimum Gasteiger partial charge on any atom is -0.496 e. The molecule has 124 valence electrons. The van der Waals surface area contributed by atoms with Crippen LogP contribution in [0.2, 0.25) is 0 Å². The first kappa shape index (κ1) is 15.6. The minimum absolute atomic E-state index is 0.0206. The summed E-state index contributed by atoms with van der Waals surface area (Å²) in [5.41, 5.74) is -0.201. The largest absolute Gasteiger partial charge is 0.496 e. The molecule has 1 heterocycles. The van der Waals surface area contributed by atoms with E-state index in [1.807, 2.05) is 0 Å². The number of amides is 1. The first-order chi connectivity index (χ1) is 11.6. The van der Waals surface area contributed by atoms with Crippen molar-refractivity contribution in [1.82, 2.24) is 0 Å². The number of methoxy groups -OCH3 is 1. The van der Waals surface area contributed by atoms with Crippen molar-refractivity contribution in [2.75, 3.05) is 19.0 Å². The molecule has 3 rings (SSSR count). The van der Waals surface area contributed by atoms with Gasteiger partial charge in [0.2, 0.25) is 6.10 Å². The lowest BCUT2D eigenvalue weighted by Gasteiger charge is -2.25. The predicted octanol–water partition coefficient (Wildman–Crippen LogP) is 2.38. The second kappa shape index (κ2) is 6.45. The molecule has 8 nitrogen and oxygen atoms in total. The zero-order chi connectivity index (χ0) is 17.1. The summed E-state index contributed by atoms with van der Waals surface area (Å²) in [6, 6.07) is 11.1. The SMILES string of the molecule is COc1ccc(NC(=O)C2COc3ccccc3O2)c([N+](=O)[O-])c1. The Bertz CT molecular complexity index is 792. The number of anilines is 1. The average Bonchev–Trinajstić information content (AvgIpc) is 2.61. The van der Waals surface area contributed by atoms with E-state index in [2.05, 4.69) is 5.32 Å². The molecule has 1 amide bonds. The highest BCUT2D eigenvalue weighted by Gasteiger charge is 2.29. The van der Waals surface area contributed by atoms with Crippen molar-refractivity contribution in [2.24, 2.45) is 0 Å². The summed E-state index contributed by atoms with van der Waals surface area (Å²) in [5, 5.41) is 13.7. The van der Waals surface area contributed by atoms with E-state index in [0.29, 0.717) is 17.2 Å². The summed E-state index contributed by atoms with van der Waals surface area (Å²) in [6.07, 6.45) is -0.901. The summed E-state index contributed by atoms with van der Waals surface area (Å²) in [4.78, 5) is 22.9. The van der Waals surface area contributed by atoms with Crippen LogP contribution in [0.4, 0.5) is 11.4 Å². The van der Waals surface area contributed by atoms with Crippen LogP contribution < -0.4 is 19.5 Å². The van der Waals surface area contributed by atoms with E-state index >= 15 is 0 Å². The van der Waals surface area contributed by atoms with E-state index < -0.39 is 16.9 Å². The normalized spacial score (nSPS) is 15.5. The van der Waals surface area contributed by atoms with Gasteiger partial charge in [-0.25, -0.2) is 0 Å². The van der Waals surface area contributed by atoms with Gasteiger partial charge < -0.3 is 19.5 Å². The summed E-state index contributed by atoms with van der Waals surface area (Å²) in [5.74, 6) is 0.800. The van der Waals surface area contributed by atoms with E-state index in [1.54, 1.807) is 24.3 Å². The van der Waals surface area contributed by atoms with Gasteiger partial charge in [0.15, 0.2) is 11.5 Å². The van der Waals surface area contributed by atoms with Crippen molar-refractivity contribution in [3.63, 3.8) is 0 Å². The molecule has 8 heteroatoms. The molecule has 2 aromatic rings. The Morgan fingerprint density at radius 3 is 2.75 bits per heavy atom. The maximum atomic E-state index is 12.3. The third-order valence-corrected chi connectivity index (χ3v) is 3.46. The molecular formula is C16H14N2O6. The number of rotatable bonds is 4. The third kappa shape index (κ3) is 3.07. The number of hydrogen-bond donors (Lipinski definition) is 1. The maximum absolute atomic E-state index is 12.3. The Kier molecular flexibility index (Phi) is 4.19. The third-order valence-electron chi connectivity index (χ3n) is 3.46. The van der Waals surface area contributed by atoms with Gasteiger partial charge in [-0.2, -0.15) is 0 Å². The van der Waals surface area contributed by atoms with Crippen LogP contribution in [-0.2, 0) is 4.79 Å². The Balaban J connectivity index is 1.77. The molecule has 0 spiro atoms. The molecule has 0 radical (unpaired) electrons. The van der Waals surface area contributed by atoms with E-state index in [0.717, 1.165) is 0 Å². The summed E-state index contributed by atoms with van der Waals surface area (Å²) in [7, 11) is 1.40. The Morgan fingerprint density at radius 1 is 1.29 bits per heavy atom. The summed E-state index contributed by atoms with van der Waals surface area (Å²) >= 11 is 0. The van der Waals surface area contributed by atoms with Gasteiger partial charge in [-0.3, -0.25) is 14.9 Å². The lowest BCUT2D eigenvalue weighted by Crippen LogP contribution is -2.40. The fraction of sp³-hybridized carbons (Fsp3) is 0.188. The number of nitro benzene ring substituents is 1. The molecule has 0 aromatic heterocycles. The number of hydrogen-bond acceptors (Lipinski definition) is 6. The number of nitrogens with zero attached hydrogens (tertiary/aromatic N) is 1. The number of nitro groups is 1. The number of ether oxygens (including phenoxy) is 3. The van der Waals surface area contributed by atoms with Crippen LogP contribution in [0, 0.1) is 10.1 Å². The molecule has 24 heavy (non-hydrogen) atoms. The van der Waals surface area contributed by atoms with Gasteiger partial charge in [-0.15, -0.1) is 0 Å². The molecule has 1 unspecified atom stereocenters.